The standard InChI is InChI=1S/C73H136O6/c1-4-7-10-13-16-19-22-24-26-27-28-29-30-31-32-33-34-35-36-37-38-39-40-41-42-43-44-45-47-48-51-54-57-60-63-66-72(75)78-69-70(68-77-71(74)65-62-59-56-53-50-21-18-15-12-9-6-3)79-73(76)67-64-61-58-55-52-49-46-25-23-20-17-14-11-8-5-2/h15,17-18,20,25,46,70H,4-14,16,19,21-24,26-45,47-69H2,1-3H3/b18-15-,20-17-,46-25-. The molecule has 0 radical (unpaired) electrons. The summed E-state index contributed by atoms with van der Waals surface area (Å²) in [7, 11) is 0. The van der Waals surface area contributed by atoms with Gasteiger partial charge in [-0.05, 0) is 70.6 Å². The second kappa shape index (κ2) is 68.1. The fraction of sp³-hybridized carbons (Fsp3) is 0.877. The van der Waals surface area contributed by atoms with Crippen molar-refractivity contribution >= 4 is 17.9 Å². The molecule has 0 aliphatic heterocycles. The Bertz CT molecular complexity index is 1320. The lowest BCUT2D eigenvalue weighted by molar-refractivity contribution is -0.167. The summed E-state index contributed by atoms with van der Waals surface area (Å²) in [5.41, 5.74) is 0. The zero-order valence-corrected chi connectivity index (χ0v) is 53.4. The van der Waals surface area contributed by atoms with E-state index in [1.54, 1.807) is 0 Å². The van der Waals surface area contributed by atoms with Crippen molar-refractivity contribution in [2.24, 2.45) is 0 Å². The summed E-state index contributed by atoms with van der Waals surface area (Å²) in [6.07, 6.45) is 85.0. The summed E-state index contributed by atoms with van der Waals surface area (Å²) in [4.78, 5) is 38.2. The molecule has 1 atom stereocenters. The summed E-state index contributed by atoms with van der Waals surface area (Å²) >= 11 is 0. The highest BCUT2D eigenvalue weighted by molar-refractivity contribution is 5.71. The fourth-order valence-electron chi connectivity index (χ4n) is 10.8. The van der Waals surface area contributed by atoms with Crippen molar-refractivity contribution < 1.29 is 28.6 Å². The van der Waals surface area contributed by atoms with Crippen LogP contribution in [-0.2, 0) is 28.6 Å². The van der Waals surface area contributed by atoms with Gasteiger partial charge in [-0.25, -0.2) is 0 Å². The molecule has 6 heteroatoms. The van der Waals surface area contributed by atoms with E-state index >= 15 is 0 Å². The van der Waals surface area contributed by atoms with Crippen molar-refractivity contribution in [1.82, 2.24) is 0 Å². The quantitative estimate of drug-likeness (QED) is 0.0261. The van der Waals surface area contributed by atoms with Gasteiger partial charge in [0, 0.05) is 19.3 Å². The predicted octanol–water partition coefficient (Wildman–Crippen LogP) is 24.3. The Morgan fingerprint density at radius 1 is 0.253 bits per heavy atom. The zero-order chi connectivity index (χ0) is 57.1. The first-order valence-corrected chi connectivity index (χ1v) is 35.5. The molecular weight excluding hydrogens is 973 g/mol. The highest BCUT2D eigenvalue weighted by Gasteiger charge is 2.19. The van der Waals surface area contributed by atoms with E-state index in [9.17, 15) is 14.4 Å². The number of hydrogen-bond acceptors (Lipinski definition) is 6. The van der Waals surface area contributed by atoms with E-state index < -0.39 is 6.10 Å². The maximum absolute atomic E-state index is 12.9. The van der Waals surface area contributed by atoms with E-state index in [0.717, 1.165) is 89.9 Å². The third-order valence-electron chi connectivity index (χ3n) is 16.1. The highest BCUT2D eigenvalue weighted by atomic mass is 16.6. The zero-order valence-electron chi connectivity index (χ0n) is 53.4. The van der Waals surface area contributed by atoms with Gasteiger partial charge in [-0.2, -0.15) is 0 Å². The normalized spacial score (nSPS) is 12.2. The molecule has 0 spiro atoms. The largest absolute Gasteiger partial charge is 0.462 e. The Hall–Kier alpha value is -2.37. The molecule has 0 aliphatic carbocycles. The van der Waals surface area contributed by atoms with Crippen molar-refractivity contribution in [2.75, 3.05) is 13.2 Å². The molecule has 0 amide bonds. The van der Waals surface area contributed by atoms with Crippen LogP contribution in [-0.4, -0.2) is 37.2 Å². The van der Waals surface area contributed by atoms with Crippen molar-refractivity contribution in [3.8, 4) is 0 Å². The van der Waals surface area contributed by atoms with Crippen LogP contribution in [0.1, 0.15) is 393 Å². The van der Waals surface area contributed by atoms with E-state index in [-0.39, 0.29) is 31.1 Å². The molecule has 0 aromatic heterocycles. The Balaban J connectivity index is 4.00. The summed E-state index contributed by atoms with van der Waals surface area (Å²) in [5, 5.41) is 0. The molecule has 0 aromatic carbocycles. The molecule has 0 N–H and O–H groups in total. The SMILES string of the molecule is CCCC/C=C\CCCCCCCC(=O)OCC(COC(=O)CCCCCCCCCCCCCCCCCCCCCCCCCCCCCCCCCCCCC)OC(=O)CCCCCCC/C=C\C/C=C\CCCCC. The average Bonchev–Trinajstić information content (AvgIpc) is 3.45. The molecule has 0 saturated carbocycles. The first-order chi connectivity index (χ1) is 39.0. The third kappa shape index (κ3) is 66.3. The van der Waals surface area contributed by atoms with Gasteiger partial charge in [0.1, 0.15) is 13.2 Å². The van der Waals surface area contributed by atoms with Crippen molar-refractivity contribution in [3.05, 3.63) is 36.5 Å². The topological polar surface area (TPSA) is 78.9 Å². The van der Waals surface area contributed by atoms with E-state index in [4.69, 9.17) is 14.2 Å². The Morgan fingerprint density at radius 2 is 0.468 bits per heavy atom. The predicted molar refractivity (Wildman–Crippen MR) is 344 cm³/mol. The van der Waals surface area contributed by atoms with Crippen LogP contribution in [0.25, 0.3) is 0 Å². The number of unbranched alkanes of at least 4 members (excludes halogenated alkanes) is 49. The average molecular weight is 1110 g/mol. The first kappa shape index (κ1) is 76.6. The first-order valence-electron chi connectivity index (χ1n) is 35.5. The van der Waals surface area contributed by atoms with Gasteiger partial charge >= 0.3 is 17.9 Å². The lowest BCUT2D eigenvalue weighted by Gasteiger charge is -2.18. The minimum absolute atomic E-state index is 0.0768. The summed E-state index contributed by atoms with van der Waals surface area (Å²) in [6.45, 7) is 6.61. The maximum Gasteiger partial charge on any atom is 0.306 e. The molecule has 1 unspecified atom stereocenters. The van der Waals surface area contributed by atoms with Gasteiger partial charge in [0.25, 0.3) is 0 Å². The molecule has 6 nitrogen and oxygen atoms in total. The molecule has 0 aliphatic rings. The second-order valence-corrected chi connectivity index (χ2v) is 24.1. The molecule has 79 heavy (non-hydrogen) atoms. The highest BCUT2D eigenvalue weighted by Crippen LogP contribution is 2.19. The molecule has 0 heterocycles. The van der Waals surface area contributed by atoms with Crippen molar-refractivity contribution in [3.63, 3.8) is 0 Å². The van der Waals surface area contributed by atoms with Crippen LogP contribution in [0.4, 0.5) is 0 Å². The summed E-state index contributed by atoms with van der Waals surface area (Å²) < 4.78 is 16.9. The monoisotopic (exact) mass is 1110 g/mol. The second-order valence-electron chi connectivity index (χ2n) is 24.1. The molecule has 0 rings (SSSR count). The van der Waals surface area contributed by atoms with E-state index in [0.29, 0.717) is 19.3 Å². The van der Waals surface area contributed by atoms with Crippen LogP contribution in [0.2, 0.25) is 0 Å². The Labute approximate surface area is 493 Å². The fourth-order valence-corrected chi connectivity index (χ4v) is 10.8. The Kier molecular flexibility index (Phi) is 66.1. The summed E-state index contributed by atoms with van der Waals surface area (Å²) in [6, 6.07) is 0. The van der Waals surface area contributed by atoms with Crippen molar-refractivity contribution in [1.29, 1.82) is 0 Å². The number of hydrogen-bond donors (Lipinski definition) is 0. The van der Waals surface area contributed by atoms with E-state index in [1.807, 2.05) is 0 Å². The number of allylic oxidation sites excluding steroid dienone is 6. The minimum atomic E-state index is -0.781. The van der Waals surface area contributed by atoms with Gasteiger partial charge in [-0.3, -0.25) is 14.4 Å². The smallest absolute Gasteiger partial charge is 0.306 e. The van der Waals surface area contributed by atoms with Crippen LogP contribution in [0.5, 0.6) is 0 Å². The Morgan fingerprint density at radius 3 is 0.772 bits per heavy atom. The van der Waals surface area contributed by atoms with Crippen LogP contribution in [0.3, 0.4) is 0 Å². The molecule has 0 fully saturated rings. The van der Waals surface area contributed by atoms with Gasteiger partial charge in [0.2, 0.25) is 0 Å². The molecule has 0 bridgehead atoms. The molecule has 464 valence electrons. The number of ether oxygens (including phenoxy) is 3. The lowest BCUT2D eigenvalue weighted by atomic mass is 10.0. The molecule has 0 aromatic rings. The van der Waals surface area contributed by atoms with E-state index in [1.165, 1.54) is 263 Å². The maximum atomic E-state index is 12.9. The minimum Gasteiger partial charge on any atom is -0.462 e. The molecular formula is C73H136O6. The van der Waals surface area contributed by atoms with Gasteiger partial charge in [-0.15, -0.1) is 0 Å². The number of esters is 3. The van der Waals surface area contributed by atoms with Crippen LogP contribution < -0.4 is 0 Å². The van der Waals surface area contributed by atoms with Gasteiger partial charge < -0.3 is 14.2 Å². The van der Waals surface area contributed by atoms with Crippen LogP contribution in [0, 0.1) is 0 Å². The molecule has 0 saturated heterocycles. The number of carbonyl (C=O) groups is 3. The van der Waals surface area contributed by atoms with Gasteiger partial charge in [0.15, 0.2) is 6.10 Å². The number of rotatable bonds is 66. The van der Waals surface area contributed by atoms with Crippen LogP contribution in [0.15, 0.2) is 36.5 Å². The number of carbonyl (C=O) groups excluding carboxylic acids is 3. The van der Waals surface area contributed by atoms with Gasteiger partial charge in [-0.1, -0.05) is 340 Å². The van der Waals surface area contributed by atoms with Gasteiger partial charge in [0.05, 0.1) is 0 Å². The van der Waals surface area contributed by atoms with Crippen LogP contribution >= 0.6 is 0 Å². The third-order valence-corrected chi connectivity index (χ3v) is 16.1. The van der Waals surface area contributed by atoms with E-state index in [2.05, 4.69) is 57.2 Å². The lowest BCUT2D eigenvalue weighted by Crippen LogP contribution is -2.30. The summed E-state index contributed by atoms with van der Waals surface area (Å²) in [5.74, 6) is -0.880. The van der Waals surface area contributed by atoms with Crippen molar-refractivity contribution in [2.45, 2.75) is 399 Å².